The molecule has 0 aliphatic rings. The van der Waals surface area contributed by atoms with Crippen LogP contribution in [-0.2, 0) is 0 Å². The summed E-state index contributed by atoms with van der Waals surface area (Å²) in [5.41, 5.74) is 0. The molecule has 1 aromatic heterocycles. The fourth-order valence-corrected chi connectivity index (χ4v) is 0.794. The fraction of sp³-hybridized carbons (Fsp3) is 0.167. The lowest BCUT2D eigenvalue weighted by molar-refractivity contribution is 0.648. The van der Waals surface area contributed by atoms with Crippen LogP contribution >= 0.6 is 12.0 Å². The van der Waals surface area contributed by atoms with Gasteiger partial charge in [0.2, 0.25) is 0 Å². The summed E-state index contributed by atoms with van der Waals surface area (Å²) in [4.78, 5) is 3.84. The molecule has 0 fully saturated rings. The molecule has 3 heteroatoms. The molecule has 0 unspecified atom stereocenters. The van der Waals surface area contributed by atoms with Gasteiger partial charge < -0.3 is 4.18 Å². The van der Waals surface area contributed by atoms with E-state index in [-0.39, 0.29) is 0 Å². The number of nitrogens with zero attached hydrogens (tertiary/aromatic N) is 1. The van der Waals surface area contributed by atoms with Crippen LogP contribution in [0.2, 0.25) is 0 Å². The number of rotatable bonds is 2. The first-order chi connectivity index (χ1) is 4.43. The number of hydrogen-bond donors (Lipinski definition) is 0. The van der Waals surface area contributed by atoms with Crippen LogP contribution in [0.25, 0.3) is 0 Å². The van der Waals surface area contributed by atoms with Crippen LogP contribution in [0.3, 0.4) is 0 Å². The van der Waals surface area contributed by atoms with Crippen LogP contribution in [0.5, 0.6) is 5.75 Å². The van der Waals surface area contributed by atoms with Gasteiger partial charge in [0, 0.05) is 30.8 Å². The molecule has 1 aromatic rings. The maximum atomic E-state index is 5.08. The second-order valence-corrected chi connectivity index (χ2v) is 1.93. The summed E-state index contributed by atoms with van der Waals surface area (Å²) in [6.45, 7) is 0. The molecule has 0 amide bonds. The van der Waals surface area contributed by atoms with Crippen molar-refractivity contribution in [3.8, 4) is 5.75 Å². The molecule has 0 saturated carbocycles. The van der Waals surface area contributed by atoms with Crippen molar-refractivity contribution in [2.75, 3.05) is 6.26 Å². The van der Waals surface area contributed by atoms with Crippen molar-refractivity contribution >= 4 is 12.0 Å². The van der Waals surface area contributed by atoms with Gasteiger partial charge in [0.1, 0.15) is 5.75 Å². The molecule has 9 heavy (non-hydrogen) atoms. The van der Waals surface area contributed by atoms with Crippen molar-refractivity contribution in [1.82, 2.24) is 4.98 Å². The Morgan fingerprint density at radius 2 is 2.11 bits per heavy atom. The van der Waals surface area contributed by atoms with E-state index in [0.29, 0.717) is 0 Å². The lowest BCUT2D eigenvalue weighted by atomic mass is 10.5. The standard InChI is InChI=1S/C6H7NOS/c1-9-8-6-2-4-7-5-3-6/h2-5H,1H3. The molecule has 0 radical (unpaired) electrons. The van der Waals surface area contributed by atoms with E-state index in [2.05, 4.69) is 4.98 Å². The molecular weight excluding hydrogens is 134 g/mol. The Hall–Kier alpha value is -0.700. The quantitative estimate of drug-likeness (QED) is 0.586. The van der Waals surface area contributed by atoms with Gasteiger partial charge in [-0.25, -0.2) is 0 Å². The van der Waals surface area contributed by atoms with Crippen molar-refractivity contribution < 1.29 is 4.18 Å². The minimum atomic E-state index is 0.845. The summed E-state index contributed by atoms with van der Waals surface area (Å²) in [6, 6.07) is 3.63. The summed E-state index contributed by atoms with van der Waals surface area (Å²) in [5, 5.41) is 0. The third-order valence-corrected chi connectivity index (χ3v) is 1.19. The second kappa shape index (κ2) is 3.35. The normalized spacial score (nSPS) is 9.00. The lowest BCUT2D eigenvalue weighted by Gasteiger charge is -1.96. The SMILES string of the molecule is CSOc1ccncc1. The second-order valence-electron chi connectivity index (χ2n) is 1.43. The maximum absolute atomic E-state index is 5.08. The monoisotopic (exact) mass is 141 g/mol. The zero-order valence-electron chi connectivity index (χ0n) is 5.07. The molecule has 0 bridgehead atoms. The van der Waals surface area contributed by atoms with Crippen molar-refractivity contribution in [1.29, 1.82) is 0 Å². The maximum Gasteiger partial charge on any atom is 0.140 e. The van der Waals surface area contributed by atoms with Gasteiger partial charge in [-0.2, -0.15) is 0 Å². The summed E-state index contributed by atoms with van der Waals surface area (Å²) in [7, 11) is 0. The Balaban J connectivity index is 2.61. The van der Waals surface area contributed by atoms with Gasteiger partial charge in [0.15, 0.2) is 0 Å². The highest BCUT2D eigenvalue weighted by Gasteiger charge is 1.86. The van der Waals surface area contributed by atoms with E-state index >= 15 is 0 Å². The van der Waals surface area contributed by atoms with Gasteiger partial charge >= 0.3 is 0 Å². The van der Waals surface area contributed by atoms with Crippen molar-refractivity contribution in [3.63, 3.8) is 0 Å². The van der Waals surface area contributed by atoms with Gasteiger partial charge in [0.05, 0.1) is 12.0 Å². The van der Waals surface area contributed by atoms with Gasteiger partial charge in [-0.15, -0.1) is 0 Å². The molecule has 0 aromatic carbocycles. The van der Waals surface area contributed by atoms with Gasteiger partial charge in [-0.3, -0.25) is 4.98 Å². The Morgan fingerprint density at radius 1 is 1.44 bits per heavy atom. The van der Waals surface area contributed by atoms with Gasteiger partial charge in [0.25, 0.3) is 0 Å². The third kappa shape index (κ3) is 1.93. The number of aromatic nitrogens is 1. The summed E-state index contributed by atoms with van der Waals surface area (Å²) in [5.74, 6) is 0.845. The van der Waals surface area contributed by atoms with E-state index in [1.54, 1.807) is 12.4 Å². The van der Waals surface area contributed by atoms with Gasteiger partial charge in [-0.05, 0) is 0 Å². The van der Waals surface area contributed by atoms with Gasteiger partial charge in [-0.1, -0.05) is 0 Å². The highest BCUT2D eigenvalue weighted by molar-refractivity contribution is 7.94. The predicted molar refractivity (Wildman–Crippen MR) is 38.4 cm³/mol. The number of hydrogen-bond acceptors (Lipinski definition) is 3. The minimum absolute atomic E-state index is 0.845. The first-order valence-electron chi connectivity index (χ1n) is 2.54. The number of pyridine rings is 1. The van der Waals surface area contributed by atoms with Crippen LogP contribution in [-0.4, -0.2) is 11.2 Å². The van der Waals surface area contributed by atoms with Crippen LogP contribution in [0.15, 0.2) is 24.5 Å². The van der Waals surface area contributed by atoms with E-state index in [1.807, 2.05) is 18.4 Å². The average molecular weight is 141 g/mol. The molecule has 0 aliphatic carbocycles. The van der Waals surface area contributed by atoms with E-state index in [4.69, 9.17) is 4.18 Å². The molecule has 0 N–H and O–H groups in total. The lowest BCUT2D eigenvalue weighted by Crippen LogP contribution is -1.77. The Morgan fingerprint density at radius 3 is 2.67 bits per heavy atom. The first kappa shape index (κ1) is 6.42. The highest BCUT2D eigenvalue weighted by Crippen LogP contribution is 2.11. The zero-order valence-corrected chi connectivity index (χ0v) is 5.89. The smallest absolute Gasteiger partial charge is 0.140 e. The predicted octanol–water partition coefficient (Wildman–Crippen LogP) is 1.74. The molecular formula is C6H7NOS. The molecule has 0 atom stereocenters. The molecule has 0 saturated heterocycles. The Kier molecular flexibility index (Phi) is 2.39. The van der Waals surface area contributed by atoms with Crippen LogP contribution in [0.1, 0.15) is 0 Å². The first-order valence-corrected chi connectivity index (χ1v) is 3.69. The van der Waals surface area contributed by atoms with Crippen LogP contribution in [0.4, 0.5) is 0 Å². The Bertz CT molecular complexity index is 166. The van der Waals surface area contributed by atoms with E-state index < -0.39 is 0 Å². The van der Waals surface area contributed by atoms with Crippen LogP contribution < -0.4 is 4.18 Å². The van der Waals surface area contributed by atoms with E-state index in [0.717, 1.165) is 5.75 Å². The van der Waals surface area contributed by atoms with E-state index in [9.17, 15) is 0 Å². The third-order valence-electron chi connectivity index (χ3n) is 0.829. The molecule has 1 rings (SSSR count). The molecule has 1 heterocycles. The van der Waals surface area contributed by atoms with E-state index in [1.165, 1.54) is 12.0 Å². The highest BCUT2D eigenvalue weighted by atomic mass is 32.2. The summed E-state index contributed by atoms with van der Waals surface area (Å²) in [6.07, 6.45) is 5.28. The largest absolute Gasteiger partial charge is 0.426 e. The van der Waals surface area contributed by atoms with Crippen molar-refractivity contribution in [2.24, 2.45) is 0 Å². The van der Waals surface area contributed by atoms with Crippen LogP contribution in [0, 0.1) is 0 Å². The minimum Gasteiger partial charge on any atom is -0.426 e. The van der Waals surface area contributed by atoms with Crippen molar-refractivity contribution in [2.45, 2.75) is 0 Å². The molecule has 48 valence electrons. The average Bonchev–Trinajstić information content (AvgIpc) is 1.91. The van der Waals surface area contributed by atoms with Crippen molar-refractivity contribution in [3.05, 3.63) is 24.5 Å². The molecule has 0 aliphatic heterocycles. The summed E-state index contributed by atoms with van der Waals surface area (Å²) < 4.78 is 5.08. The zero-order chi connectivity index (χ0) is 6.53. The molecule has 2 nitrogen and oxygen atoms in total. The Labute approximate surface area is 58.5 Å². The topological polar surface area (TPSA) is 22.1 Å². The fourth-order valence-electron chi connectivity index (χ4n) is 0.490. The molecule has 0 spiro atoms. The summed E-state index contributed by atoms with van der Waals surface area (Å²) >= 11 is 1.33.